The molecule has 7 nitrogen and oxygen atoms in total. The lowest BCUT2D eigenvalue weighted by atomic mass is 9.96. The number of aryl methyl sites for hydroxylation is 1. The van der Waals surface area contributed by atoms with Gasteiger partial charge in [0, 0.05) is 51.6 Å². The van der Waals surface area contributed by atoms with Crippen LogP contribution >= 0.6 is 0 Å². The maximum absolute atomic E-state index is 12.1. The quantitative estimate of drug-likeness (QED) is 0.843. The molecule has 2 aromatic rings. The number of hydrogen-bond acceptors (Lipinski definition) is 6. The van der Waals surface area contributed by atoms with E-state index in [2.05, 4.69) is 19.9 Å². The molecule has 0 atom stereocenters. The molecule has 0 spiro atoms. The SMILES string of the molecule is Cc1cncn(CC2CCN(c3cc(N(C)C)ncn3)CC2)c1=O. The molecule has 0 bridgehead atoms. The minimum atomic E-state index is 0.0684. The van der Waals surface area contributed by atoms with Crippen LogP contribution in [0, 0.1) is 12.8 Å². The van der Waals surface area contributed by atoms with Crippen LogP contribution in [-0.2, 0) is 6.54 Å². The monoisotopic (exact) mass is 328 g/mol. The molecule has 24 heavy (non-hydrogen) atoms. The van der Waals surface area contributed by atoms with Gasteiger partial charge in [-0.1, -0.05) is 0 Å². The highest BCUT2D eigenvalue weighted by Crippen LogP contribution is 2.24. The van der Waals surface area contributed by atoms with Gasteiger partial charge >= 0.3 is 0 Å². The van der Waals surface area contributed by atoms with Gasteiger partial charge in [0.05, 0.1) is 6.33 Å². The van der Waals surface area contributed by atoms with Crippen molar-refractivity contribution in [2.75, 3.05) is 37.0 Å². The van der Waals surface area contributed by atoms with E-state index in [1.165, 1.54) is 0 Å². The van der Waals surface area contributed by atoms with Crippen LogP contribution in [0.4, 0.5) is 11.6 Å². The highest BCUT2D eigenvalue weighted by molar-refractivity contribution is 5.49. The molecule has 2 aromatic heterocycles. The highest BCUT2D eigenvalue weighted by Gasteiger charge is 2.21. The molecule has 0 aliphatic carbocycles. The van der Waals surface area contributed by atoms with E-state index in [1.807, 2.05) is 32.0 Å². The van der Waals surface area contributed by atoms with Crippen LogP contribution < -0.4 is 15.4 Å². The summed E-state index contributed by atoms with van der Waals surface area (Å²) in [6.07, 6.45) is 6.98. The van der Waals surface area contributed by atoms with Crippen LogP contribution in [0.3, 0.4) is 0 Å². The van der Waals surface area contributed by atoms with E-state index < -0.39 is 0 Å². The van der Waals surface area contributed by atoms with Gasteiger partial charge in [0.1, 0.15) is 18.0 Å². The van der Waals surface area contributed by atoms with Gasteiger partial charge < -0.3 is 9.80 Å². The van der Waals surface area contributed by atoms with E-state index >= 15 is 0 Å². The number of nitrogens with zero attached hydrogens (tertiary/aromatic N) is 6. The third-order valence-electron chi connectivity index (χ3n) is 4.56. The molecule has 3 rings (SSSR count). The highest BCUT2D eigenvalue weighted by atomic mass is 16.1. The second-order valence-electron chi connectivity index (χ2n) is 6.59. The zero-order valence-corrected chi connectivity index (χ0v) is 14.5. The third kappa shape index (κ3) is 3.55. The van der Waals surface area contributed by atoms with E-state index in [1.54, 1.807) is 23.4 Å². The van der Waals surface area contributed by atoms with E-state index in [0.29, 0.717) is 11.5 Å². The van der Waals surface area contributed by atoms with Crippen molar-refractivity contribution in [2.24, 2.45) is 5.92 Å². The van der Waals surface area contributed by atoms with Gasteiger partial charge in [0.15, 0.2) is 0 Å². The summed E-state index contributed by atoms with van der Waals surface area (Å²) in [7, 11) is 3.96. The topological polar surface area (TPSA) is 67.2 Å². The summed E-state index contributed by atoms with van der Waals surface area (Å²) in [5, 5.41) is 0. The molecule has 128 valence electrons. The predicted molar refractivity (Wildman–Crippen MR) is 94.5 cm³/mol. The van der Waals surface area contributed by atoms with E-state index in [4.69, 9.17) is 0 Å². The van der Waals surface area contributed by atoms with Crippen molar-refractivity contribution in [1.29, 1.82) is 0 Å². The summed E-state index contributed by atoms with van der Waals surface area (Å²) in [5.41, 5.74) is 0.769. The molecule has 1 fully saturated rings. The second-order valence-corrected chi connectivity index (χ2v) is 6.59. The van der Waals surface area contributed by atoms with E-state index in [9.17, 15) is 4.79 Å². The van der Waals surface area contributed by atoms with Crippen LogP contribution in [0.5, 0.6) is 0 Å². The van der Waals surface area contributed by atoms with Crippen LogP contribution in [0.2, 0.25) is 0 Å². The Kier molecular flexibility index (Phi) is 4.78. The number of rotatable bonds is 4. The molecule has 0 aromatic carbocycles. The molecule has 0 unspecified atom stereocenters. The average Bonchev–Trinajstić information content (AvgIpc) is 2.60. The fourth-order valence-electron chi connectivity index (χ4n) is 3.07. The maximum atomic E-state index is 12.1. The summed E-state index contributed by atoms with van der Waals surface area (Å²) in [6.45, 7) is 4.45. The minimum absolute atomic E-state index is 0.0684. The lowest BCUT2D eigenvalue weighted by Gasteiger charge is -2.33. The first-order valence-electron chi connectivity index (χ1n) is 8.30. The number of aromatic nitrogens is 4. The molecule has 1 aliphatic heterocycles. The Balaban J connectivity index is 1.63. The average molecular weight is 328 g/mol. The fourth-order valence-corrected chi connectivity index (χ4v) is 3.07. The Labute approximate surface area is 142 Å². The Hall–Kier alpha value is -2.44. The molecular weight excluding hydrogens is 304 g/mol. The number of piperidine rings is 1. The fraction of sp³-hybridized carbons (Fsp3) is 0.529. The van der Waals surface area contributed by atoms with Crippen molar-refractivity contribution in [2.45, 2.75) is 26.3 Å². The lowest BCUT2D eigenvalue weighted by Crippen LogP contribution is -2.37. The minimum Gasteiger partial charge on any atom is -0.363 e. The van der Waals surface area contributed by atoms with Crippen molar-refractivity contribution < 1.29 is 0 Å². The van der Waals surface area contributed by atoms with Crippen LogP contribution in [0.15, 0.2) is 29.7 Å². The molecule has 0 amide bonds. The summed E-state index contributed by atoms with van der Waals surface area (Å²) < 4.78 is 1.74. The first-order valence-corrected chi connectivity index (χ1v) is 8.30. The third-order valence-corrected chi connectivity index (χ3v) is 4.56. The van der Waals surface area contributed by atoms with Gasteiger partial charge in [0.25, 0.3) is 5.56 Å². The first kappa shape index (κ1) is 16.4. The molecule has 0 saturated carbocycles. The van der Waals surface area contributed by atoms with Crippen molar-refractivity contribution in [3.8, 4) is 0 Å². The summed E-state index contributed by atoms with van der Waals surface area (Å²) in [6, 6.07) is 2.02. The van der Waals surface area contributed by atoms with Crippen LogP contribution in [0.25, 0.3) is 0 Å². The zero-order valence-electron chi connectivity index (χ0n) is 14.5. The normalized spacial score (nSPS) is 15.5. The zero-order chi connectivity index (χ0) is 17.1. The molecular formula is C17H24N6O. The Bertz CT molecular complexity index is 749. The first-order chi connectivity index (χ1) is 11.5. The second kappa shape index (κ2) is 6.98. The van der Waals surface area contributed by atoms with Gasteiger partial charge in [0.2, 0.25) is 0 Å². The van der Waals surface area contributed by atoms with Gasteiger partial charge in [-0.25, -0.2) is 15.0 Å². The van der Waals surface area contributed by atoms with E-state index in [-0.39, 0.29) is 5.56 Å². The lowest BCUT2D eigenvalue weighted by molar-refractivity contribution is 0.349. The van der Waals surface area contributed by atoms with Crippen molar-refractivity contribution >= 4 is 11.6 Å². The van der Waals surface area contributed by atoms with Gasteiger partial charge in [-0.3, -0.25) is 9.36 Å². The van der Waals surface area contributed by atoms with Crippen LogP contribution in [0.1, 0.15) is 18.4 Å². The van der Waals surface area contributed by atoms with E-state index in [0.717, 1.165) is 44.1 Å². The number of anilines is 2. The van der Waals surface area contributed by atoms with Crippen LogP contribution in [-0.4, -0.2) is 46.7 Å². The molecule has 1 aliphatic rings. The molecule has 7 heteroatoms. The Morgan fingerprint density at radius 2 is 2.00 bits per heavy atom. The largest absolute Gasteiger partial charge is 0.363 e. The van der Waals surface area contributed by atoms with Gasteiger partial charge in [-0.15, -0.1) is 0 Å². The summed E-state index contributed by atoms with van der Waals surface area (Å²) >= 11 is 0. The molecule has 1 saturated heterocycles. The standard InChI is InChI=1S/C17H24N6O/c1-13-9-18-12-23(17(13)24)10-14-4-6-22(7-5-14)16-8-15(21(2)3)19-11-20-16/h8-9,11-12,14H,4-7,10H2,1-3H3. The molecule has 0 N–H and O–H groups in total. The van der Waals surface area contributed by atoms with Gasteiger partial charge in [-0.05, 0) is 25.7 Å². The Morgan fingerprint density at radius 3 is 2.71 bits per heavy atom. The summed E-state index contributed by atoms with van der Waals surface area (Å²) in [4.78, 5) is 29.2. The smallest absolute Gasteiger partial charge is 0.256 e. The molecule has 3 heterocycles. The Morgan fingerprint density at radius 1 is 1.25 bits per heavy atom. The van der Waals surface area contributed by atoms with Crippen molar-refractivity contribution in [3.63, 3.8) is 0 Å². The molecule has 0 radical (unpaired) electrons. The summed E-state index contributed by atoms with van der Waals surface area (Å²) in [5.74, 6) is 2.39. The number of hydrogen-bond donors (Lipinski definition) is 0. The maximum Gasteiger partial charge on any atom is 0.256 e. The van der Waals surface area contributed by atoms with Crippen molar-refractivity contribution in [1.82, 2.24) is 19.5 Å². The van der Waals surface area contributed by atoms with Crippen molar-refractivity contribution in [3.05, 3.63) is 40.8 Å². The van der Waals surface area contributed by atoms with Gasteiger partial charge in [-0.2, -0.15) is 0 Å². The predicted octanol–water partition coefficient (Wildman–Crippen LogP) is 1.32.